The van der Waals surface area contributed by atoms with Crippen LogP contribution in [0.25, 0.3) is 0 Å². The Morgan fingerprint density at radius 3 is 2.37 bits per heavy atom. The fraction of sp³-hybridized carbons (Fsp3) is 0.387. The highest BCUT2D eigenvalue weighted by atomic mass is 32.2. The minimum atomic E-state index is -4.00. The fourth-order valence-corrected chi connectivity index (χ4v) is 8.37. The Morgan fingerprint density at radius 1 is 1.07 bits per heavy atom. The minimum absolute atomic E-state index is 0.0432. The van der Waals surface area contributed by atoms with E-state index in [1.54, 1.807) is 12.1 Å². The van der Waals surface area contributed by atoms with Gasteiger partial charge in [0.2, 0.25) is 10.0 Å². The third-order valence-electron chi connectivity index (χ3n) is 7.44. The molecular weight excluding hydrogens is 590 g/mol. The number of carbonyl (C=O) groups is 1. The molecular formula is C31H39N3O7S2. The number of methoxy groups -OCH3 is 1. The molecule has 1 aliphatic rings. The summed E-state index contributed by atoms with van der Waals surface area (Å²) in [5.41, 5.74) is 7.59. The van der Waals surface area contributed by atoms with Crippen LogP contribution in [0.3, 0.4) is 0 Å². The van der Waals surface area contributed by atoms with Crippen molar-refractivity contribution in [2.75, 3.05) is 26.0 Å². The molecule has 0 aromatic heterocycles. The van der Waals surface area contributed by atoms with Crippen LogP contribution in [0.1, 0.15) is 47.8 Å². The number of ether oxygens (including phenoxy) is 1. The summed E-state index contributed by atoms with van der Waals surface area (Å²) in [5, 5.41) is 14.4. The van der Waals surface area contributed by atoms with Crippen molar-refractivity contribution in [2.24, 2.45) is 11.7 Å². The number of sulfonamides is 1. The van der Waals surface area contributed by atoms with Crippen molar-refractivity contribution >= 4 is 25.8 Å². The van der Waals surface area contributed by atoms with Gasteiger partial charge in [-0.25, -0.2) is 16.8 Å². The molecule has 4 N–H and O–H groups in total. The number of aliphatic hydroxyl groups is 1. The van der Waals surface area contributed by atoms with Gasteiger partial charge in [0.15, 0.2) is 9.84 Å². The summed E-state index contributed by atoms with van der Waals surface area (Å²) in [5.74, 6) is -0.116. The van der Waals surface area contributed by atoms with Crippen LogP contribution >= 0.6 is 0 Å². The molecule has 0 aliphatic carbocycles. The van der Waals surface area contributed by atoms with Crippen LogP contribution in [-0.4, -0.2) is 70.3 Å². The first-order chi connectivity index (χ1) is 20.3. The number of hydrogen-bond donors (Lipinski definition) is 3. The highest BCUT2D eigenvalue weighted by Crippen LogP contribution is 2.31. The number of aliphatic hydroxyl groups excluding tert-OH is 1. The molecule has 3 aromatic carbocycles. The van der Waals surface area contributed by atoms with E-state index in [0.29, 0.717) is 11.3 Å². The summed E-state index contributed by atoms with van der Waals surface area (Å²) >= 11 is 0. The number of rotatable bonds is 12. The largest absolute Gasteiger partial charge is 0.497 e. The van der Waals surface area contributed by atoms with E-state index in [4.69, 9.17) is 10.5 Å². The second kappa shape index (κ2) is 13.6. The lowest BCUT2D eigenvalue weighted by molar-refractivity contribution is 0.0775. The predicted octanol–water partition coefficient (Wildman–Crippen LogP) is 2.92. The average molecular weight is 630 g/mol. The molecule has 0 fully saturated rings. The number of carbonyl (C=O) groups excluding carboxylic acids is 1. The van der Waals surface area contributed by atoms with Crippen LogP contribution < -0.4 is 15.8 Å². The molecule has 1 aliphatic heterocycles. The molecule has 3 atom stereocenters. The average Bonchev–Trinajstić information content (AvgIpc) is 2.98. The zero-order valence-corrected chi connectivity index (χ0v) is 26.1. The Balaban J connectivity index is 1.62. The molecule has 43 heavy (non-hydrogen) atoms. The highest BCUT2D eigenvalue weighted by Gasteiger charge is 2.33. The monoisotopic (exact) mass is 629 g/mol. The lowest BCUT2D eigenvalue weighted by atomic mass is 9.99. The predicted molar refractivity (Wildman–Crippen MR) is 164 cm³/mol. The number of sulfone groups is 1. The summed E-state index contributed by atoms with van der Waals surface area (Å²) < 4.78 is 58.8. The Bertz CT molecular complexity index is 1630. The van der Waals surface area contributed by atoms with Crippen LogP contribution in [0.2, 0.25) is 0 Å². The van der Waals surface area contributed by atoms with E-state index >= 15 is 0 Å². The molecule has 0 radical (unpaired) electrons. The Morgan fingerprint density at radius 2 is 1.74 bits per heavy atom. The van der Waals surface area contributed by atoms with Crippen LogP contribution in [0.15, 0.2) is 82.6 Å². The first-order valence-corrected chi connectivity index (χ1v) is 17.2. The maximum atomic E-state index is 13.7. The zero-order chi connectivity index (χ0) is 31.4. The van der Waals surface area contributed by atoms with Crippen LogP contribution in [0.4, 0.5) is 0 Å². The van der Waals surface area contributed by atoms with Gasteiger partial charge in [0.1, 0.15) is 5.75 Å². The van der Waals surface area contributed by atoms with Gasteiger partial charge < -0.3 is 20.9 Å². The van der Waals surface area contributed by atoms with E-state index in [0.717, 1.165) is 5.56 Å². The molecule has 10 nitrogen and oxygen atoms in total. The SMILES string of the molecule is COc1ccc(S(=O)(=O)N(CC(C)C)C[C@@H](O)[C@H](Cc2ccccc2)NC(=O)c2ccc3c(c2)[C@H](N)CCS3(=O)=O)cc1. The molecule has 3 aromatic rings. The lowest BCUT2D eigenvalue weighted by Gasteiger charge is -2.31. The second-order valence-corrected chi connectivity index (χ2v) is 15.2. The van der Waals surface area contributed by atoms with Crippen molar-refractivity contribution in [2.45, 2.75) is 54.7 Å². The van der Waals surface area contributed by atoms with E-state index in [2.05, 4.69) is 5.32 Å². The molecule has 1 heterocycles. The molecule has 0 saturated carbocycles. The second-order valence-electron chi connectivity index (χ2n) is 11.2. The maximum Gasteiger partial charge on any atom is 0.251 e. The Kier molecular flexibility index (Phi) is 10.3. The normalized spacial score (nSPS) is 17.7. The van der Waals surface area contributed by atoms with Crippen molar-refractivity contribution in [3.8, 4) is 5.75 Å². The number of amides is 1. The summed E-state index contributed by atoms with van der Waals surface area (Å²) in [4.78, 5) is 13.7. The zero-order valence-electron chi connectivity index (χ0n) is 24.5. The van der Waals surface area contributed by atoms with Gasteiger partial charge in [0.05, 0.1) is 34.8 Å². The standard InChI is InChI=1S/C31H39N3O7S2/c1-21(2)19-34(43(39,40)25-12-10-24(41-3)11-13-25)20-29(35)28(17-22-7-5-4-6-8-22)33-31(36)23-9-14-30-26(18-23)27(32)15-16-42(30,37)38/h4-14,18,21,27-29,35H,15-17,19-20,32H2,1-3H3,(H,33,36)/t27-,28+,29-/m1/s1. The van der Waals surface area contributed by atoms with Crippen molar-refractivity contribution in [1.82, 2.24) is 9.62 Å². The number of hydrogen-bond acceptors (Lipinski definition) is 8. The topological polar surface area (TPSA) is 156 Å². The first kappa shape index (κ1) is 32.6. The van der Waals surface area contributed by atoms with E-state index in [1.807, 2.05) is 44.2 Å². The number of nitrogens with two attached hydrogens (primary N) is 1. The number of nitrogens with zero attached hydrogens (tertiary/aromatic N) is 1. The fourth-order valence-electron chi connectivity index (χ4n) is 5.12. The van der Waals surface area contributed by atoms with Gasteiger partial charge in [-0.15, -0.1) is 0 Å². The number of benzene rings is 3. The summed E-state index contributed by atoms with van der Waals surface area (Å²) in [6.07, 6.45) is -0.800. The summed E-state index contributed by atoms with van der Waals surface area (Å²) in [7, 11) is -5.98. The van der Waals surface area contributed by atoms with Crippen LogP contribution in [0, 0.1) is 5.92 Å². The number of fused-ring (bicyclic) bond motifs is 1. The van der Waals surface area contributed by atoms with Gasteiger partial charge in [-0.1, -0.05) is 44.2 Å². The minimum Gasteiger partial charge on any atom is -0.497 e. The van der Waals surface area contributed by atoms with Crippen LogP contribution in [0.5, 0.6) is 5.75 Å². The lowest BCUT2D eigenvalue weighted by Crippen LogP contribution is -2.51. The van der Waals surface area contributed by atoms with E-state index < -0.39 is 44.0 Å². The Labute approximate surface area is 253 Å². The maximum absolute atomic E-state index is 13.7. The van der Waals surface area contributed by atoms with Gasteiger partial charge in [-0.2, -0.15) is 4.31 Å². The highest BCUT2D eigenvalue weighted by molar-refractivity contribution is 7.91. The van der Waals surface area contributed by atoms with Gasteiger partial charge in [-0.3, -0.25) is 4.79 Å². The summed E-state index contributed by atoms with van der Waals surface area (Å²) in [6.45, 7) is 3.65. The van der Waals surface area contributed by atoms with Gasteiger partial charge in [0.25, 0.3) is 5.91 Å². The number of nitrogens with one attached hydrogen (secondary N) is 1. The summed E-state index contributed by atoms with van der Waals surface area (Å²) in [6, 6.07) is 18.2. The van der Waals surface area contributed by atoms with E-state index in [1.165, 1.54) is 41.7 Å². The van der Waals surface area contributed by atoms with Crippen molar-refractivity contribution in [3.63, 3.8) is 0 Å². The Hall–Kier alpha value is -3.29. The van der Waals surface area contributed by atoms with Crippen molar-refractivity contribution in [3.05, 3.63) is 89.5 Å². The van der Waals surface area contributed by atoms with Gasteiger partial charge in [0, 0.05) is 24.7 Å². The van der Waals surface area contributed by atoms with E-state index in [-0.39, 0.29) is 53.0 Å². The molecule has 12 heteroatoms. The van der Waals surface area contributed by atoms with Crippen molar-refractivity contribution in [1.29, 1.82) is 0 Å². The molecule has 0 saturated heterocycles. The smallest absolute Gasteiger partial charge is 0.251 e. The first-order valence-electron chi connectivity index (χ1n) is 14.1. The quantitative estimate of drug-likeness (QED) is 0.276. The van der Waals surface area contributed by atoms with Crippen LogP contribution in [-0.2, 0) is 26.3 Å². The molecule has 0 unspecified atom stereocenters. The van der Waals surface area contributed by atoms with E-state index in [9.17, 15) is 26.7 Å². The molecule has 4 rings (SSSR count). The van der Waals surface area contributed by atoms with Gasteiger partial charge in [-0.05, 0) is 72.4 Å². The third-order valence-corrected chi connectivity index (χ3v) is 11.1. The van der Waals surface area contributed by atoms with Gasteiger partial charge >= 0.3 is 0 Å². The molecule has 1 amide bonds. The van der Waals surface area contributed by atoms with Crippen molar-refractivity contribution < 1.29 is 31.5 Å². The molecule has 0 bridgehead atoms. The third kappa shape index (κ3) is 7.81. The molecule has 0 spiro atoms. The molecule has 232 valence electrons.